The maximum Gasteiger partial charge on any atom is 0.143 e. The van der Waals surface area contributed by atoms with E-state index in [9.17, 15) is 0 Å². The van der Waals surface area contributed by atoms with E-state index in [0.717, 1.165) is 21.5 Å². The second-order valence-electron chi connectivity index (χ2n) is 14.0. The van der Waals surface area contributed by atoms with Gasteiger partial charge in [0, 0.05) is 16.2 Å². The molecule has 0 aliphatic carbocycles. The van der Waals surface area contributed by atoms with E-state index in [1.807, 2.05) is 54.6 Å². The average molecular weight is 668 g/mol. The fourth-order valence-corrected chi connectivity index (χ4v) is 8.40. The number of rotatable bonds is 2. The van der Waals surface area contributed by atoms with Gasteiger partial charge in [-0.25, -0.2) is 0 Å². The lowest BCUT2D eigenvalue weighted by Crippen LogP contribution is -2.53. The van der Waals surface area contributed by atoms with Crippen LogP contribution in [0, 0.1) is 0 Å². The summed E-state index contributed by atoms with van der Waals surface area (Å²) in [6, 6.07) is 17.5. The molecule has 0 N–H and O–H groups in total. The molecule has 1 nitrogen and oxygen atoms in total. The van der Waals surface area contributed by atoms with Gasteiger partial charge in [-0.05, 0) is 72.1 Å². The molecule has 0 fully saturated rings. The molecule has 0 aliphatic heterocycles. The van der Waals surface area contributed by atoms with Crippen LogP contribution in [0.5, 0.6) is 0 Å². The summed E-state index contributed by atoms with van der Waals surface area (Å²) in [4.78, 5) is 0. The van der Waals surface area contributed by atoms with Gasteiger partial charge in [0.05, 0.1) is 0 Å². The molecule has 0 atom stereocenters. The largest absolute Gasteiger partial charge is 0.455 e. The molecule has 30 radical (unpaired) electrons. The van der Waals surface area contributed by atoms with Crippen LogP contribution in [0.2, 0.25) is 0 Å². The maximum atomic E-state index is 7.06. The summed E-state index contributed by atoms with van der Waals surface area (Å²) in [6.45, 7) is 0. The van der Waals surface area contributed by atoms with Crippen LogP contribution >= 0.6 is 0 Å². The molecule has 220 valence electrons. The van der Waals surface area contributed by atoms with Gasteiger partial charge in [-0.1, -0.05) is 86.2 Å². The number of benzene rings is 8. The van der Waals surface area contributed by atoms with Gasteiger partial charge in [0.1, 0.15) is 129 Å². The average Bonchev–Trinajstić information content (AvgIpc) is 3.59. The second kappa shape index (κ2) is 12.8. The van der Waals surface area contributed by atoms with Gasteiger partial charge in [0.25, 0.3) is 0 Å². The van der Waals surface area contributed by atoms with Crippen molar-refractivity contribution in [3.05, 3.63) is 54.6 Å². The van der Waals surface area contributed by atoms with E-state index in [1.54, 1.807) is 0 Å². The highest BCUT2D eigenvalue weighted by Crippen LogP contribution is 2.46. The molecule has 0 amide bonds. The van der Waals surface area contributed by atoms with Crippen molar-refractivity contribution in [1.29, 1.82) is 0 Å². The minimum atomic E-state index is -0.0417. The van der Waals surface area contributed by atoms with Crippen LogP contribution in [-0.2, 0) is 0 Å². The summed E-state index contributed by atoms with van der Waals surface area (Å²) in [5, 5.41) is 5.00. The molecule has 56 heavy (non-hydrogen) atoms. The van der Waals surface area contributed by atoms with Gasteiger partial charge in [-0.15, -0.1) is 38.2 Å². The van der Waals surface area contributed by atoms with Gasteiger partial charge >= 0.3 is 0 Å². The third kappa shape index (κ3) is 4.71. The Labute approximate surface area is 344 Å². The summed E-state index contributed by atoms with van der Waals surface area (Å²) >= 11 is 0. The zero-order valence-electron chi connectivity index (χ0n) is 29.8. The molecule has 1 heterocycles. The normalized spacial score (nSPS) is 11.9. The van der Waals surface area contributed by atoms with Crippen molar-refractivity contribution < 1.29 is 4.42 Å². The fraction of sp³-hybridized carbons (Fsp3) is 0. The Hall–Kier alpha value is -4.43. The van der Waals surface area contributed by atoms with Gasteiger partial charge in [-0.2, -0.15) is 0 Å². The highest BCUT2D eigenvalue weighted by molar-refractivity contribution is 6.75. The Morgan fingerprint density at radius 1 is 0.286 bits per heavy atom. The molecule has 0 spiro atoms. The SMILES string of the molecule is [B]c1c([B])c([B])c2c(-c3c4c([B])c([B])c([B])c([B])c4c(-c4cccc5oc6c7ccccc7ccc6c45)c4c([B])c([B])c([B])c([B])c34)c([B])c([B])c([B])c2c1[B]. The highest BCUT2D eigenvalue weighted by atomic mass is 16.3. The van der Waals surface area contributed by atoms with E-state index in [1.165, 1.54) is 0 Å². The van der Waals surface area contributed by atoms with Crippen LogP contribution in [0.3, 0.4) is 0 Å². The molecule has 1 aromatic heterocycles. The van der Waals surface area contributed by atoms with Crippen LogP contribution in [-0.4, -0.2) is 118 Å². The van der Waals surface area contributed by atoms with E-state index in [-0.39, 0.29) is 115 Å². The van der Waals surface area contributed by atoms with Crippen molar-refractivity contribution in [3.8, 4) is 22.3 Å². The molecule has 0 bridgehead atoms. The molecule has 16 heteroatoms. The zero-order chi connectivity index (χ0) is 40.0. The molecule has 9 rings (SSSR count). The summed E-state index contributed by atoms with van der Waals surface area (Å²) < 4.78 is 6.58. The van der Waals surface area contributed by atoms with Crippen LogP contribution < -0.4 is 81.9 Å². The summed E-state index contributed by atoms with van der Waals surface area (Å²) in [6.07, 6.45) is 0. The van der Waals surface area contributed by atoms with Crippen LogP contribution in [0.1, 0.15) is 0 Å². The number of hydrogen-bond donors (Lipinski definition) is 0. The minimum Gasteiger partial charge on any atom is -0.455 e. The summed E-state index contributed by atoms with van der Waals surface area (Å²) in [5.74, 6) is 0. The highest BCUT2D eigenvalue weighted by Gasteiger charge is 2.29. The predicted molar refractivity (Wildman–Crippen MR) is 255 cm³/mol. The topological polar surface area (TPSA) is 13.1 Å². The van der Waals surface area contributed by atoms with E-state index in [4.69, 9.17) is 122 Å². The molecule has 0 unspecified atom stereocenters. The zero-order valence-corrected chi connectivity index (χ0v) is 29.8. The Balaban J connectivity index is 1.65. The van der Waals surface area contributed by atoms with Gasteiger partial charge < -0.3 is 4.42 Å². The first-order valence-electron chi connectivity index (χ1n) is 17.2. The van der Waals surface area contributed by atoms with Gasteiger partial charge in [-0.3, -0.25) is 0 Å². The molecule has 0 saturated carbocycles. The third-order valence-electron chi connectivity index (χ3n) is 11.3. The molecule has 9 aromatic rings. The summed E-state index contributed by atoms with van der Waals surface area (Å²) in [5.41, 5.74) is 2.82. The molecule has 8 aromatic carbocycles. The van der Waals surface area contributed by atoms with Crippen molar-refractivity contribution in [1.82, 2.24) is 0 Å². The monoisotopic (exact) mass is 670 g/mol. The standard InChI is InChI=1S/C40H9B15O/c41-25-18-16(12-6-3-7-14-15(12)13-9-8-10-4-1-2-5-11(10)40(13)56-14)19-21(29(45)37(53)35(51)26(19)42)17(20(18)28(44)36(52)34(25)50)22-23-24(31(47)33(49)27(22)43)32(48)39(55)38(54)30(23)46/h1-9H. The number of hydrogen-bond acceptors (Lipinski definition) is 1. The van der Waals surface area contributed by atoms with Crippen molar-refractivity contribution >= 4 is 265 Å². The van der Waals surface area contributed by atoms with E-state index in [0.29, 0.717) is 33.1 Å². The van der Waals surface area contributed by atoms with Crippen molar-refractivity contribution in [2.75, 3.05) is 0 Å². The van der Waals surface area contributed by atoms with Crippen LogP contribution in [0.15, 0.2) is 59.0 Å². The Kier molecular flexibility index (Phi) is 8.49. The van der Waals surface area contributed by atoms with E-state index < -0.39 is 0 Å². The minimum absolute atomic E-state index is 0.00254. The van der Waals surface area contributed by atoms with Gasteiger partial charge in [0.15, 0.2) is 0 Å². The lowest BCUT2D eigenvalue weighted by atomic mass is 9.56. The molecular formula is C40H9B15O. The number of fused-ring (bicyclic) bond motifs is 8. The number of furan rings is 1. The van der Waals surface area contributed by atoms with E-state index >= 15 is 0 Å². The predicted octanol–water partition coefficient (Wildman–Crippen LogP) is -6.56. The van der Waals surface area contributed by atoms with Crippen molar-refractivity contribution in [3.63, 3.8) is 0 Å². The first-order valence-corrected chi connectivity index (χ1v) is 17.2. The van der Waals surface area contributed by atoms with Gasteiger partial charge in [0.2, 0.25) is 0 Å². The van der Waals surface area contributed by atoms with Crippen molar-refractivity contribution in [2.45, 2.75) is 0 Å². The first kappa shape index (κ1) is 37.2. The second-order valence-corrected chi connectivity index (χ2v) is 14.0. The quantitative estimate of drug-likeness (QED) is 0.132. The molecule has 0 aliphatic rings. The lowest BCUT2D eigenvalue weighted by Gasteiger charge is -2.31. The lowest BCUT2D eigenvalue weighted by molar-refractivity contribution is 0.673. The summed E-state index contributed by atoms with van der Waals surface area (Å²) in [7, 11) is 101. The Bertz CT molecular complexity index is 3220. The maximum absolute atomic E-state index is 7.06. The molecular weight excluding hydrogens is 659 g/mol. The smallest absolute Gasteiger partial charge is 0.143 e. The van der Waals surface area contributed by atoms with E-state index in [2.05, 4.69) is 0 Å². The fourth-order valence-electron chi connectivity index (χ4n) is 8.40. The van der Waals surface area contributed by atoms with Crippen LogP contribution in [0.4, 0.5) is 0 Å². The van der Waals surface area contributed by atoms with Crippen LogP contribution in [0.25, 0.3) is 87.3 Å². The third-order valence-corrected chi connectivity index (χ3v) is 11.3. The Morgan fingerprint density at radius 2 is 0.714 bits per heavy atom. The first-order chi connectivity index (χ1) is 26.6. The molecule has 0 saturated heterocycles. The van der Waals surface area contributed by atoms with Crippen molar-refractivity contribution in [2.24, 2.45) is 0 Å². The Morgan fingerprint density at radius 3 is 1.23 bits per heavy atom.